The van der Waals surface area contributed by atoms with Crippen LogP contribution in [0.5, 0.6) is 0 Å². The average molecular weight is 257 g/mol. The fraction of sp³-hybridized carbons (Fsp3) is 0.846. The molecule has 5 heteroatoms. The van der Waals surface area contributed by atoms with E-state index in [1.54, 1.807) is 11.8 Å². The molecule has 1 heterocycles. The van der Waals surface area contributed by atoms with Crippen molar-refractivity contribution in [3.05, 3.63) is 0 Å². The molecular weight excluding hydrogens is 234 g/mol. The second-order valence-electron chi connectivity index (χ2n) is 4.38. The van der Waals surface area contributed by atoms with Gasteiger partial charge in [0.25, 0.3) is 0 Å². The predicted molar refractivity (Wildman–Crippen MR) is 67.0 cm³/mol. The summed E-state index contributed by atoms with van der Waals surface area (Å²) in [6, 6.07) is 0. The van der Waals surface area contributed by atoms with Gasteiger partial charge in [-0.3, -0.25) is 9.59 Å². The van der Waals surface area contributed by atoms with Gasteiger partial charge in [-0.1, -0.05) is 0 Å². The van der Waals surface area contributed by atoms with E-state index < -0.39 is 0 Å². The summed E-state index contributed by atoms with van der Waals surface area (Å²) in [5.41, 5.74) is 0. The Bertz CT molecular complexity index is 280. The molecule has 0 aromatic carbocycles. The molecule has 0 aromatic heterocycles. The van der Waals surface area contributed by atoms with Crippen LogP contribution in [-0.4, -0.2) is 49.7 Å². The highest BCUT2D eigenvalue weighted by Gasteiger charge is 2.28. The first-order valence-electron chi connectivity index (χ1n) is 6.71. The van der Waals surface area contributed by atoms with Crippen LogP contribution in [0.1, 0.15) is 33.1 Å². The number of hydrogen-bond donors (Lipinski definition) is 0. The van der Waals surface area contributed by atoms with Crippen molar-refractivity contribution in [2.75, 3.05) is 32.9 Å². The number of carbonyl (C=O) groups excluding carboxylic acids is 2. The quantitative estimate of drug-likeness (QED) is 0.530. The van der Waals surface area contributed by atoms with Crippen molar-refractivity contribution in [1.82, 2.24) is 4.90 Å². The van der Waals surface area contributed by atoms with Crippen molar-refractivity contribution in [2.45, 2.75) is 33.1 Å². The van der Waals surface area contributed by atoms with Crippen molar-refractivity contribution in [3.63, 3.8) is 0 Å². The summed E-state index contributed by atoms with van der Waals surface area (Å²) in [4.78, 5) is 25.3. The van der Waals surface area contributed by atoms with E-state index in [1.165, 1.54) is 0 Å². The van der Waals surface area contributed by atoms with Gasteiger partial charge in [0.1, 0.15) is 0 Å². The van der Waals surface area contributed by atoms with Gasteiger partial charge in [0.15, 0.2) is 0 Å². The maximum Gasteiger partial charge on any atom is 0.310 e. The molecule has 0 radical (unpaired) electrons. The van der Waals surface area contributed by atoms with Gasteiger partial charge in [0, 0.05) is 19.7 Å². The van der Waals surface area contributed by atoms with Crippen LogP contribution in [0.15, 0.2) is 0 Å². The number of ether oxygens (including phenoxy) is 2. The van der Waals surface area contributed by atoms with Gasteiger partial charge in [0.2, 0.25) is 5.91 Å². The maximum absolute atomic E-state index is 11.9. The van der Waals surface area contributed by atoms with E-state index in [2.05, 4.69) is 0 Å². The first-order chi connectivity index (χ1) is 8.69. The Balaban J connectivity index is 2.38. The van der Waals surface area contributed by atoms with Crippen molar-refractivity contribution in [3.8, 4) is 0 Å². The second-order valence-corrected chi connectivity index (χ2v) is 4.38. The molecule has 0 aromatic rings. The SMILES string of the molecule is CCOCCC(=O)N1CCCC(C(=O)OCC)C1. The highest BCUT2D eigenvalue weighted by atomic mass is 16.5. The summed E-state index contributed by atoms with van der Waals surface area (Å²) in [6.45, 7) is 6.40. The van der Waals surface area contributed by atoms with Gasteiger partial charge < -0.3 is 14.4 Å². The van der Waals surface area contributed by atoms with Gasteiger partial charge in [-0.2, -0.15) is 0 Å². The Morgan fingerprint density at radius 3 is 2.72 bits per heavy atom. The van der Waals surface area contributed by atoms with Crippen LogP contribution < -0.4 is 0 Å². The molecule has 1 fully saturated rings. The number of likely N-dealkylation sites (tertiary alicyclic amines) is 1. The number of nitrogens with zero attached hydrogens (tertiary/aromatic N) is 1. The standard InChI is InChI=1S/C13H23NO4/c1-3-17-9-7-12(15)14-8-5-6-11(10-14)13(16)18-4-2/h11H,3-10H2,1-2H3. The molecule has 1 amide bonds. The van der Waals surface area contributed by atoms with Crippen LogP contribution in [-0.2, 0) is 19.1 Å². The first-order valence-corrected chi connectivity index (χ1v) is 6.71. The van der Waals surface area contributed by atoms with Crippen molar-refractivity contribution in [1.29, 1.82) is 0 Å². The molecule has 0 bridgehead atoms. The van der Waals surface area contributed by atoms with E-state index in [9.17, 15) is 9.59 Å². The number of hydrogen-bond acceptors (Lipinski definition) is 4. The molecule has 0 aliphatic carbocycles. The van der Waals surface area contributed by atoms with E-state index >= 15 is 0 Å². The summed E-state index contributed by atoms with van der Waals surface area (Å²) in [5, 5.41) is 0. The zero-order valence-electron chi connectivity index (χ0n) is 11.3. The van der Waals surface area contributed by atoms with Crippen LogP contribution in [0.25, 0.3) is 0 Å². The molecule has 1 atom stereocenters. The van der Waals surface area contributed by atoms with E-state index in [4.69, 9.17) is 9.47 Å². The molecule has 1 unspecified atom stereocenters. The van der Waals surface area contributed by atoms with Crippen molar-refractivity contribution in [2.24, 2.45) is 5.92 Å². The van der Waals surface area contributed by atoms with Crippen LogP contribution in [0.3, 0.4) is 0 Å². The Morgan fingerprint density at radius 2 is 2.06 bits per heavy atom. The highest BCUT2D eigenvalue weighted by molar-refractivity contribution is 5.78. The lowest BCUT2D eigenvalue weighted by atomic mass is 9.98. The molecule has 18 heavy (non-hydrogen) atoms. The summed E-state index contributed by atoms with van der Waals surface area (Å²) >= 11 is 0. The molecule has 0 saturated carbocycles. The molecule has 0 N–H and O–H groups in total. The zero-order valence-corrected chi connectivity index (χ0v) is 11.3. The third kappa shape index (κ3) is 4.64. The molecule has 5 nitrogen and oxygen atoms in total. The minimum absolute atomic E-state index is 0.0671. The summed E-state index contributed by atoms with van der Waals surface area (Å²) in [5.74, 6) is -0.271. The molecule has 1 aliphatic heterocycles. The lowest BCUT2D eigenvalue weighted by Gasteiger charge is -2.31. The monoisotopic (exact) mass is 257 g/mol. The molecule has 1 saturated heterocycles. The largest absolute Gasteiger partial charge is 0.466 e. The molecule has 0 spiro atoms. The molecular formula is C13H23NO4. The van der Waals surface area contributed by atoms with Crippen molar-refractivity contribution >= 4 is 11.9 Å². The van der Waals surface area contributed by atoms with E-state index in [0.717, 1.165) is 19.4 Å². The van der Waals surface area contributed by atoms with Crippen LogP contribution >= 0.6 is 0 Å². The summed E-state index contributed by atoms with van der Waals surface area (Å²) < 4.78 is 10.2. The summed E-state index contributed by atoms with van der Waals surface area (Å²) in [6.07, 6.45) is 2.07. The second kappa shape index (κ2) is 8.08. The number of carbonyl (C=O) groups is 2. The van der Waals surface area contributed by atoms with Gasteiger partial charge in [-0.15, -0.1) is 0 Å². The first kappa shape index (κ1) is 15.0. The Kier molecular flexibility index (Phi) is 6.72. The van der Waals surface area contributed by atoms with Gasteiger partial charge in [0.05, 0.1) is 25.6 Å². The number of esters is 1. The zero-order chi connectivity index (χ0) is 13.4. The third-order valence-electron chi connectivity index (χ3n) is 3.06. The number of amides is 1. The Labute approximate surface area is 108 Å². The number of piperidine rings is 1. The van der Waals surface area contributed by atoms with Gasteiger partial charge in [-0.25, -0.2) is 0 Å². The van der Waals surface area contributed by atoms with Crippen molar-refractivity contribution < 1.29 is 19.1 Å². The lowest BCUT2D eigenvalue weighted by molar-refractivity contribution is -0.151. The highest BCUT2D eigenvalue weighted by Crippen LogP contribution is 2.18. The molecule has 104 valence electrons. The van der Waals surface area contributed by atoms with E-state index in [1.807, 2.05) is 6.92 Å². The van der Waals surface area contributed by atoms with Gasteiger partial charge >= 0.3 is 5.97 Å². The normalized spacial score (nSPS) is 19.7. The molecule has 1 rings (SSSR count). The lowest BCUT2D eigenvalue weighted by Crippen LogP contribution is -2.43. The van der Waals surface area contributed by atoms with Crippen LogP contribution in [0.4, 0.5) is 0 Å². The summed E-state index contributed by atoms with van der Waals surface area (Å²) in [7, 11) is 0. The van der Waals surface area contributed by atoms with E-state index in [0.29, 0.717) is 32.8 Å². The third-order valence-corrected chi connectivity index (χ3v) is 3.06. The topological polar surface area (TPSA) is 55.8 Å². The minimum atomic E-state index is -0.181. The Hall–Kier alpha value is -1.10. The van der Waals surface area contributed by atoms with Crippen LogP contribution in [0.2, 0.25) is 0 Å². The van der Waals surface area contributed by atoms with E-state index in [-0.39, 0.29) is 17.8 Å². The van der Waals surface area contributed by atoms with Crippen LogP contribution in [0, 0.1) is 5.92 Å². The fourth-order valence-electron chi connectivity index (χ4n) is 2.12. The minimum Gasteiger partial charge on any atom is -0.466 e. The predicted octanol–water partition coefficient (Wildman–Crippen LogP) is 1.21. The average Bonchev–Trinajstić information content (AvgIpc) is 2.39. The number of rotatable bonds is 6. The molecule has 1 aliphatic rings. The fourth-order valence-corrected chi connectivity index (χ4v) is 2.12. The Morgan fingerprint density at radius 1 is 1.28 bits per heavy atom. The smallest absolute Gasteiger partial charge is 0.310 e. The van der Waals surface area contributed by atoms with Gasteiger partial charge in [-0.05, 0) is 26.7 Å². The maximum atomic E-state index is 11.9.